The van der Waals surface area contributed by atoms with Gasteiger partial charge < -0.3 is 20.1 Å². The van der Waals surface area contributed by atoms with Crippen molar-refractivity contribution in [2.24, 2.45) is 7.05 Å². The maximum Gasteiger partial charge on any atom is 0.151 e. The second-order valence-electron chi connectivity index (χ2n) is 8.25. The van der Waals surface area contributed by atoms with E-state index in [4.69, 9.17) is 4.74 Å². The molecule has 2 fully saturated rings. The van der Waals surface area contributed by atoms with E-state index in [1.807, 2.05) is 43.4 Å². The first-order valence-electron chi connectivity index (χ1n) is 10.4. The number of phenolic OH excluding ortho intramolecular Hbond substituents is 1. The lowest BCUT2D eigenvalue weighted by atomic mass is 9.90. The lowest BCUT2D eigenvalue weighted by Crippen LogP contribution is -2.65. The van der Waals surface area contributed by atoms with Gasteiger partial charge in [-0.2, -0.15) is 5.10 Å². The lowest BCUT2D eigenvalue weighted by Gasteiger charge is -2.45. The molecule has 2 bridgehead atoms. The van der Waals surface area contributed by atoms with Gasteiger partial charge in [0.1, 0.15) is 11.9 Å². The molecule has 0 unspecified atom stereocenters. The first kappa shape index (κ1) is 19.9. The van der Waals surface area contributed by atoms with Gasteiger partial charge in [0, 0.05) is 37.5 Å². The molecule has 0 aliphatic carbocycles. The molecule has 2 aliphatic heterocycles. The van der Waals surface area contributed by atoms with Crippen LogP contribution in [0.1, 0.15) is 6.42 Å². The van der Waals surface area contributed by atoms with Gasteiger partial charge in [0.15, 0.2) is 5.82 Å². The van der Waals surface area contributed by atoms with Crippen molar-refractivity contribution in [3.8, 4) is 28.3 Å². The highest BCUT2D eigenvalue weighted by Crippen LogP contribution is 2.33. The van der Waals surface area contributed by atoms with Crippen molar-refractivity contribution < 1.29 is 14.2 Å². The summed E-state index contributed by atoms with van der Waals surface area (Å²) < 4.78 is 22.2. The van der Waals surface area contributed by atoms with Crippen molar-refractivity contribution in [2.75, 3.05) is 25.2 Å². The van der Waals surface area contributed by atoms with Crippen LogP contribution in [0.2, 0.25) is 0 Å². The van der Waals surface area contributed by atoms with Crippen LogP contribution in [-0.2, 0) is 11.8 Å². The number of morpholine rings is 1. The monoisotopic (exact) mass is 424 g/mol. The molecule has 3 aromatic rings. The van der Waals surface area contributed by atoms with Crippen molar-refractivity contribution in [1.29, 1.82) is 0 Å². The Hall–Kier alpha value is -3.04. The van der Waals surface area contributed by atoms with Crippen molar-refractivity contribution in [1.82, 2.24) is 25.3 Å². The smallest absolute Gasteiger partial charge is 0.151 e. The summed E-state index contributed by atoms with van der Waals surface area (Å²) in [5.74, 6) is 0.704. The van der Waals surface area contributed by atoms with E-state index < -0.39 is 6.17 Å². The van der Waals surface area contributed by atoms with Gasteiger partial charge in [-0.3, -0.25) is 4.68 Å². The predicted octanol–water partition coefficient (Wildman–Crippen LogP) is 2.15. The van der Waals surface area contributed by atoms with Gasteiger partial charge in [-0.1, -0.05) is 6.07 Å². The van der Waals surface area contributed by atoms with E-state index in [2.05, 4.69) is 20.6 Å². The topological polar surface area (TPSA) is 88.3 Å². The quantitative estimate of drug-likeness (QED) is 0.664. The zero-order valence-electron chi connectivity index (χ0n) is 17.4. The molecule has 0 radical (unpaired) electrons. The number of nitrogens with zero attached hydrogens (tertiary/aromatic N) is 5. The molecule has 8 nitrogen and oxygen atoms in total. The third-order valence-electron chi connectivity index (χ3n) is 6.14. The second-order valence-corrected chi connectivity index (χ2v) is 8.25. The molecule has 2 aliphatic rings. The van der Waals surface area contributed by atoms with Crippen LogP contribution in [0.3, 0.4) is 0 Å². The normalized spacial score (nSPS) is 25.4. The molecular weight excluding hydrogens is 399 g/mol. The van der Waals surface area contributed by atoms with Crippen LogP contribution in [0.4, 0.5) is 10.2 Å². The number of aromatic hydroxyl groups is 1. The van der Waals surface area contributed by atoms with Gasteiger partial charge in [-0.15, -0.1) is 10.2 Å². The van der Waals surface area contributed by atoms with E-state index in [0.29, 0.717) is 36.7 Å². The molecule has 0 spiro atoms. The number of anilines is 1. The van der Waals surface area contributed by atoms with Gasteiger partial charge in [0.25, 0.3) is 0 Å². The fourth-order valence-corrected chi connectivity index (χ4v) is 4.42. The highest BCUT2D eigenvalue weighted by atomic mass is 19.1. The van der Waals surface area contributed by atoms with Gasteiger partial charge >= 0.3 is 0 Å². The molecule has 162 valence electrons. The molecule has 9 heteroatoms. The van der Waals surface area contributed by atoms with E-state index in [1.165, 1.54) is 0 Å². The SMILES string of the molecule is CN(c1ccc(-c2ccc(-c3ccn(C)n3)cc2O)nn1)[C@H]1C[C@@H]2COC[C@@H](N2)[C@H]1F. The largest absolute Gasteiger partial charge is 0.507 e. The van der Waals surface area contributed by atoms with Crippen LogP contribution in [0.5, 0.6) is 5.75 Å². The number of halogens is 1. The summed E-state index contributed by atoms with van der Waals surface area (Å²) in [5, 5.41) is 26.8. The number of phenols is 1. The Morgan fingerprint density at radius 3 is 2.74 bits per heavy atom. The molecule has 31 heavy (non-hydrogen) atoms. The summed E-state index contributed by atoms with van der Waals surface area (Å²) in [6, 6.07) is 10.4. The number of piperidine rings is 1. The molecule has 1 aromatic carbocycles. The molecule has 0 amide bonds. The van der Waals surface area contributed by atoms with Gasteiger partial charge in [0.2, 0.25) is 0 Å². The minimum absolute atomic E-state index is 0.105. The zero-order valence-corrected chi connectivity index (χ0v) is 17.4. The molecule has 2 N–H and O–H groups in total. The summed E-state index contributed by atoms with van der Waals surface area (Å²) in [4.78, 5) is 1.86. The molecule has 2 saturated heterocycles. The predicted molar refractivity (Wildman–Crippen MR) is 115 cm³/mol. The summed E-state index contributed by atoms with van der Waals surface area (Å²) in [5.41, 5.74) is 2.74. The Balaban J connectivity index is 1.35. The van der Waals surface area contributed by atoms with E-state index >= 15 is 0 Å². The number of hydrogen-bond acceptors (Lipinski definition) is 7. The van der Waals surface area contributed by atoms with Crippen molar-refractivity contribution in [2.45, 2.75) is 30.7 Å². The van der Waals surface area contributed by atoms with E-state index in [0.717, 1.165) is 11.3 Å². The van der Waals surface area contributed by atoms with Crippen LogP contribution in [0, 0.1) is 0 Å². The van der Waals surface area contributed by atoms with Crippen LogP contribution in [0.25, 0.3) is 22.5 Å². The first-order chi connectivity index (χ1) is 15.0. The minimum Gasteiger partial charge on any atom is -0.507 e. The van der Waals surface area contributed by atoms with Crippen LogP contribution < -0.4 is 10.2 Å². The third kappa shape index (κ3) is 3.75. The first-order valence-corrected chi connectivity index (χ1v) is 10.4. The number of aromatic nitrogens is 4. The average molecular weight is 424 g/mol. The summed E-state index contributed by atoms with van der Waals surface area (Å²) in [6.45, 7) is 0.992. The fraction of sp³-hybridized carbons (Fsp3) is 0.409. The molecule has 2 aromatic heterocycles. The van der Waals surface area contributed by atoms with Gasteiger partial charge in [-0.05, 0) is 36.8 Å². The lowest BCUT2D eigenvalue weighted by molar-refractivity contribution is -0.0175. The van der Waals surface area contributed by atoms with E-state index in [9.17, 15) is 9.50 Å². The fourth-order valence-electron chi connectivity index (χ4n) is 4.42. The standard InChI is InChI=1S/C22H25FN6O2/c1-28-8-7-16(27-28)13-3-4-15(20(30)9-13)17-5-6-21(26-25-17)29(2)19-10-14-11-31-12-18(24-14)22(19)23/h3-9,14,18-19,22,24,30H,10-12H2,1-2H3/t14-,18-,19+,22-/m1/s1. The van der Waals surface area contributed by atoms with Crippen molar-refractivity contribution in [3.63, 3.8) is 0 Å². The number of hydrogen-bond donors (Lipinski definition) is 2. The van der Waals surface area contributed by atoms with E-state index in [-0.39, 0.29) is 23.9 Å². The Morgan fingerprint density at radius 2 is 2.03 bits per heavy atom. The minimum atomic E-state index is -1.05. The number of alkyl halides is 1. The number of aryl methyl sites for hydroxylation is 1. The molecule has 0 saturated carbocycles. The number of nitrogens with one attached hydrogen (secondary N) is 1. The van der Waals surface area contributed by atoms with Crippen molar-refractivity contribution in [3.05, 3.63) is 42.6 Å². The number of fused-ring (bicyclic) bond motifs is 2. The Bertz CT molecular complexity index is 1070. The molecule has 4 heterocycles. The van der Waals surface area contributed by atoms with Gasteiger partial charge in [-0.25, -0.2) is 4.39 Å². The van der Waals surface area contributed by atoms with Crippen LogP contribution in [0.15, 0.2) is 42.6 Å². The second kappa shape index (κ2) is 7.90. The number of benzene rings is 1. The Morgan fingerprint density at radius 1 is 1.16 bits per heavy atom. The molecular formula is C22H25FN6O2. The maximum atomic E-state index is 15.0. The number of rotatable bonds is 4. The van der Waals surface area contributed by atoms with Crippen molar-refractivity contribution >= 4 is 5.82 Å². The zero-order chi connectivity index (χ0) is 21.5. The highest BCUT2D eigenvalue weighted by Gasteiger charge is 2.42. The maximum absolute atomic E-state index is 15.0. The van der Waals surface area contributed by atoms with Crippen LogP contribution >= 0.6 is 0 Å². The third-order valence-corrected chi connectivity index (χ3v) is 6.14. The summed E-state index contributed by atoms with van der Waals surface area (Å²) in [6.07, 6.45) is 1.45. The molecule has 4 atom stereocenters. The van der Waals surface area contributed by atoms with Gasteiger partial charge in [0.05, 0.1) is 36.7 Å². The highest BCUT2D eigenvalue weighted by molar-refractivity contribution is 5.73. The van der Waals surface area contributed by atoms with Crippen LogP contribution in [-0.4, -0.2) is 69.6 Å². The summed E-state index contributed by atoms with van der Waals surface area (Å²) >= 11 is 0. The Labute approximate surface area is 179 Å². The summed E-state index contributed by atoms with van der Waals surface area (Å²) in [7, 11) is 3.70. The molecule has 5 rings (SSSR count). The van der Waals surface area contributed by atoms with E-state index in [1.54, 1.807) is 22.9 Å². The number of ether oxygens (including phenoxy) is 1. The Kier molecular flexibility index (Phi) is 5.07. The average Bonchev–Trinajstić information content (AvgIpc) is 3.22.